The fourth-order valence-electron chi connectivity index (χ4n) is 2.36. The van der Waals surface area contributed by atoms with Gasteiger partial charge in [-0.25, -0.2) is 27.3 Å². The molecule has 2 N–H and O–H groups in total. The Morgan fingerprint density at radius 3 is 2.60 bits per heavy atom. The quantitative estimate of drug-likeness (QED) is 0.764. The van der Waals surface area contributed by atoms with Gasteiger partial charge in [0.25, 0.3) is 0 Å². The first-order valence-electron chi connectivity index (χ1n) is 6.85. The van der Waals surface area contributed by atoms with Crippen molar-refractivity contribution < 1.29 is 17.2 Å². The van der Waals surface area contributed by atoms with Gasteiger partial charge in [0.1, 0.15) is 17.0 Å². The van der Waals surface area contributed by atoms with Crippen LogP contribution in [0, 0.1) is 17.1 Å². The zero-order chi connectivity index (χ0) is 18.2. The van der Waals surface area contributed by atoms with Crippen LogP contribution in [0.2, 0.25) is 0 Å². The third-order valence-corrected chi connectivity index (χ3v) is 4.41. The van der Waals surface area contributed by atoms with Gasteiger partial charge in [-0.2, -0.15) is 5.26 Å². The van der Waals surface area contributed by atoms with E-state index >= 15 is 0 Å². The first-order chi connectivity index (χ1) is 11.8. The molecule has 3 rings (SSSR count). The van der Waals surface area contributed by atoms with E-state index in [1.807, 2.05) is 6.07 Å². The second kappa shape index (κ2) is 6.01. The highest BCUT2D eigenvalue weighted by molar-refractivity contribution is 7.89. The Hall–Kier alpha value is -3.22. The summed E-state index contributed by atoms with van der Waals surface area (Å²) in [5.74, 6) is -1.79. The molecule has 1 aromatic heterocycles. The van der Waals surface area contributed by atoms with Crippen molar-refractivity contribution in [2.75, 3.05) is 0 Å². The number of aromatic nitrogens is 1. The number of oxazole rings is 1. The molecule has 7 nitrogen and oxygen atoms in total. The number of primary sulfonamides is 1. The Morgan fingerprint density at radius 2 is 1.96 bits per heavy atom. The van der Waals surface area contributed by atoms with Gasteiger partial charge in [-0.1, -0.05) is 12.1 Å². The van der Waals surface area contributed by atoms with Gasteiger partial charge in [-0.05, 0) is 30.3 Å². The maximum Gasteiger partial charge on any atom is 0.424 e. The van der Waals surface area contributed by atoms with Crippen molar-refractivity contribution in [3.63, 3.8) is 0 Å². The highest BCUT2D eigenvalue weighted by Gasteiger charge is 2.18. The van der Waals surface area contributed by atoms with Crippen LogP contribution in [0.15, 0.2) is 62.8 Å². The SMILES string of the molecule is N#Cc1cccc(-n2c(-c3ccc(S(N)(=O)=O)c(F)c3)coc2=O)c1. The summed E-state index contributed by atoms with van der Waals surface area (Å²) in [4.78, 5) is 11.4. The predicted octanol–water partition coefficient (Wildman–Crippen LogP) is 1.76. The largest absolute Gasteiger partial charge is 0.424 e. The second-order valence-corrected chi connectivity index (χ2v) is 6.60. The third kappa shape index (κ3) is 3.08. The van der Waals surface area contributed by atoms with E-state index in [2.05, 4.69) is 0 Å². The zero-order valence-corrected chi connectivity index (χ0v) is 13.3. The highest BCUT2D eigenvalue weighted by Crippen LogP contribution is 2.25. The van der Waals surface area contributed by atoms with Crippen LogP contribution in [-0.4, -0.2) is 13.0 Å². The Morgan fingerprint density at radius 1 is 1.20 bits per heavy atom. The van der Waals surface area contributed by atoms with E-state index in [4.69, 9.17) is 14.8 Å². The van der Waals surface area contributed by atoms with Gasteiger partial charge in [0.2, 0.25) is 10.0 Å². The molecule has 0 saturated carbocycles. The molecule has 1 heterocycles. The number of hydrogen-bond acceptors (Lipinski definition) is 5. The highest BCUT2D eigenvalue weighted by atomic mass is 32.2. The summed E-state index contributed by atoms with van der Waals surface area (Å²) in [6.07, 6.45) is 1.12. The van der Waals surface area contributed by atoms with E-state index in [1.54, 1.807) is 18.2 Å². The summed E-state index contributed by atoms with van der Waals surface area (Å²) in [5.41, 5.74) is 1.08. The minimum absolute atomic E-state index is 0.194. The number of nitrogens with zero attached hydrogens (tertiary/aromatic N) is 2. The fraction of sp³-hybridized carbons (Fsp3) is 0. The molecule has 0 fully saturated rings. The maximum atomic E-state index is 14.1. The minimum atomic E-state index is -4.20. The van der Waals surface area contributed by atoms with Gasteiger partial charge in [-0.3, -0.25) is 0 Å². The Balaban J connectivity index is 2.19. The molecule has 0 amide bonds. The number of benzene rings is 2. The third-order valence-electron chi connectivity index (χ3n) is 3.46. The average molecular weight is 359 g/mol. The zero-order valence-electron chi connectivity index (χ0n) is 12.5. The van der Waals surface area contributed by atoms with E-state index in [9.17, 15) is 17.6 Å². The average Bonchev–Trinajstić information content (AvgIpc) is 2.95. The van der Waals surface area contributed by atoms with Crippen LogP contribution in [0.3, 0.4) is 0 Å². The molecular weight excluding hydrogens is 349 g/mol. The van der Waals surface area contributed by atoms with Crippen LogP contribution < -0.4 is 10.9 Å². The van der Waals surface area contributed by atoms with Crippen LogP contribution in [0.25, 0.3) is 16.9 Å². The van der Waals surface area contributed by atoms with Gasteiger partial charge in [-0.15, -0.1) is 0 Å². The number of sulfonamides is 1. The van der Waals surface area contributed by atoms with Crippen molar-refractivity contribution in [1.29, 1.82) is 5.26 Å². The maximum absolute atomic E-state index is 14.1. The molecule has 3 aromatic rings. The molecule has 0 aliphatic carbocycles. The Bertz CT molecular complexity index is 1170. The molecule has 0 bridgehead atoms. The topological polar surface area (TPSA) is 119 Å². The molecule has 0 saturated heterocycles. The molecule has 0 unspecified atom stereocenters. The van der Waals surface area contributed by atoms with Gasteiger partial charge in [0.15, 0.2) is 0 Å². The fourth-order valence-corrected chi connectivity index (χ4v) is 2.95. The van der Waals surface area contributed by atoms with Crippen molar-refractivity contribution >= 4 is 10.0 Å². The van der Waals surface area contributed by atoms with Crippen molar-refractivity contribution in [1.82, 2.24) is 4.57 Å². The molecule has 0 spiro atoms. The second-order valence-electron chi connectivity index (χ2n) is 5.07. The predicted molar refractivity (Wildman–Crippen MR) is 85.8 cm³/mol. The monoisotopic (exact) mass is 359 g/mol. The molecule has 9 heteroatoms. The number of hydrogen-bond donors (Lipinski definition) is 1. The summed E-state index contributed by atoms with van der Waals surface area (Å²) < 4.78 is 42.7. The number of halogens is 1. The van der Waals surface area contributed by atoms with Crippen molar-refractivity contribution in [3.05, 3.63) is 70.7 Å². The summed E-state index contributed by atoms with van der Waals surface area (Å²) in [6.45, 7) is 0. The Kier molecular flexibility index (Phi) is 4.00. The van der Waals surface area contributed by atoms with Crippen molar-refractivity contribution in [2.24, 2.45) is 5.14 Å². The molecule has 0 atom stereocenters. The van der Waals surface area contributed by atoms with Crippen LogP contribution in [0.5, 0.6) is 0 Å². The first kappa shape index (κ1) is 16.6. The number of nitriles is 1. The summed E-state index contributed by atoms with van der Waals surface area (Å²) in [7, 11) is -4.20. The Labute approximate surface area is 141 Å². The van der Waals surface area contributed by atoms with E-state index in [-0.39, 0.29) is 11.3 Å². The number of rotatable bonds is 3. The van der Waals surface area contributed by atoms with E-state index < -0.39 is 26.5 Å². The molecule has 25 heavy (non-hydrogen) atoms. The summed E-state index contributed by atoms with van der Waals surface area (Å²) >= 11 is 0. The lowest BCUT2D eigenvalue weighted by Gasteiger charge is -2.08. The van der Waals surface area contributed by atoms with Crippen LogP contribution in [0.4, 0.5) is 4.39 Å². The van der Waals surface area contributed by atoms with Gasteiger partial charge >= 0.3 is 5.76 Å². The molecular formula is C16H10FN3O4S. The van der Waals surface area contributed by atoms with Gasteiger partial charge in [0, 0.05) is 5.56 Å². The molecule has 0 radical (unpaired) electrons. The smallest absolute Gasteiger partial charge is 0.415 e. The molecule has 126 valence electrons. The lowest BCUT2D eigenvalue weighted by molar-refractivity contribution is 0.504. The van der Waals surface area contributed by atoms with E-state index in [0.29, 0.717) is 11.3 Å². The van der Waals surface area contributed by atoms with Crippen molar-refractivity contribution in [2.45, 2.75) is 4.90 Å². The lowest BCUT2D eigenvalue weighted by Crippen LogP contribution is -2.15. The molecule has 2 aromatic carbocycles. The molecule has 0 aliphatic rings. The normalized spacial score (nSPS) is 11.2. The lowest BCUT2D eigenvalue weighted by atomic mass is 10.1. The standard InChI is InChI=1S/C16H10FN3O4S/c17-13-7-11(4-5-15(13)25(19,22)23)14-9-24-16(21)20(14)12-3-1-2-10(6-12)8-18/h1-7,9H,(H2,19,22,23). The van der Waals surface area contributed by atoms with Crippen molar-refractivity contribution in [3.8, 4) is 23.0 Å². The van der Waals surface area contributed by atoms with Crippen LogP contribution in [-0.2, 0) is 10.0 Å². The van der Waals surface area contributed by atoms with Gasteiger partial charge < -0.3 is 4.42 Å². The summed E-state index contributed by atoms with van der Waals surface area (Å²) in [5, 5.41) is 13.9. The summed E-state index contributed by atoms with van der Waals surface area (Å²) in [6, 6.07) is 11.4. The van der Waals surface area contributed by atoms with E-state index in [1.165, 1.54) is 12.1 Å². The minimum Gasteiger partial charge on any atom is -0.415 e. The first-order valence-corrected chi connectivity index (χ1v) is 8.39. The van der Waals surface area contributed by atoms with Crippen LogP contribution in [0.1, 0.15) is 5.56 Å². The molecule has 0 aliphatic heterocycles. The van der Waals surface area contributed by atoms with Gasteiger partial charge in [0.05, 0.1) is 23.0 Å². The van der Waals surface area contributed by atoms with Crippen LogP contribution >= 0.6 is 0 Å². The van der Waals surface area contributed by atoms with E-state index in [0.717, 1.165) is 23.0 Å². The number of nitrogens with two attached hydrogens (primary N) is 1.